The van der Waals surface area contributed by atoms with Gasteiger partial charge in [-0.05, 0) is 30.2 Å². The fourth-order valence-corrected chi connectivity index (χ4v) is 2.80. The minimum Gasteiger partial charge on any atom is -0.465 e. The van der Waals surface area contributed by atoms with Crippen molar-refractivity contribution >= 4 is 46.3 Å². The number of hydrogen-bond acceptors (Lipinski definition) is 5. The number of nitrogens with one attached hydrogen (secondary N) is 1. The highest BCUT2D eigenvalue weighted by Crippen LogP contribution is 2.33. The Labute approximate surface area is 162 Å². The molecule has 0 aliphatic rings. The molecule has 7 heteroatoms. The van der Waals surface area contributed by atoms with Crippen LogP contribution in [0.2, 0.25) is 10.0 Å². The second kappa shape index (κ2) is 10.2. The molecule has 0 bridgehead atoms. The highest BCUT2D eigenvalue weighted by molar-refractivity contribution is 6.39. The fraction of sp³-hybridized carbons (Fsp3) is 0.263. The standard InChI is InChI=1S/C19H20Cl2N2O3/c20-15-7-3-8-16(21)19(15)23-17-9-2-1-5-13(17)11-18(25)26-10-4-6-14(24)12-22/h1-3,5,7-9,23H,4,6,10-12,22H2. The quantitative estimate of drug-likeness (QED) is 0.493. The van der Waals surface area contributed by atoms with Gasteiger partial charge in [-0.25, -0.2) is 0 Å². The van der Waals surface area contributed by atoms with E-state index in [4.69, 9.17) is 33.7 Å². The molecule has 0 fully saturated rings. The van der Waals surface area contributed by atoms with Gasteiger partial charge in [0.25, 0.3) is 0 Å². The lowest BCUT2D eigenvalue weighted by Crippen LogP contribution is -2.15. The van der Waals surface area contributed by atoms with Gasteiger partial charge >= 0.3 is 5.97 Å². The summed E-state index contributed by atoms with van der Waals surface area (Å²) in [7, 11) is 0. The van der Waals surface area contributed by atoms with E-state index < -0.39 is 0 Å². The molecule has 2 rings (SSSR count). The molecular formula is C19H20Cl2N2O3. The Morgan fingerprint density at radius 1 is 1.04 bits per heavy atom. The Hall–Kier alpha value is -2.08. The van der Waals surface area contributed by atoms with Gasteiger partial charge < -0.3 is 15.8 Å². The molecule has 2 aromatic carbocycles. The van der Waals surface area contributed by atoms with E-state index in [0.29, 0.717) is 28.6 Å². The molecule has 0 unspecified atom stereocenters. The van der Waals surface area contributed by atoms with Crippen molar-refractivity contribution in [3.05, 3.63) is 58.1 Å². The van der Waals surface area contributed by atoms with E-state index in [-0.39, 0.29) is 31.3 Å². The largest absolute Gasteiger partial charge is 0.465 e. The van der Waals surface area contributed by atoms with Crippen LogP contribution in [0.4, 0.5) is 11.4 Å². The molecular weight excluding hydrogens is 375 g/mol. The van der Waals surface area contributed by atoms with Gasteiger partial charge in [0.05, 0.1) is 35.3 Å². The van der Waals surface area contributed by atoms with E-state index in [1.807, 2.05) is 24.3 Å². The van der Waals surface area contributed by atoms with E-state index in [9.17, 15) is 9.59 Å². The van der Waals surface area contributed by atoms with Crippen LogP contribution < -0.4 is 11.1 Å². The van der Waals surface area contributed by atoms with Gasteiger partial charge in [-0.15, -0.1) is 0 Å². The molecule has 26 heavy (non-hydrogen) atoms. The first-order valence-corrected chi connectivity index (χ1v) is 8.93. The third-order valence-electron chi connectivity index (χ3n) is 3.67. The summed E-state index contributed by atoms with van der Waals surface area (Å²) < 4.78 is 5.18. The van der Waals surface area contributed by atoms with Crippen LogP contribution in [0.15, 0.2) is 42.5 Å². The molecule has 0 amide bonds. The predicted molar refractivity (Wildman–Crippen MR) is 104 cm³/mol. The molecule has 0 saturated heterocycles. The first kappa shape index (κ1) is 20.2. The maximum absolute atomic E-state index is 12.1. The Morgan fingerprint density at radius 3 is 2.42 bits per heavy atom. The zero-order valence-electron chi connectivity index (χ0n) is 14.1. The van der Waals surface area contributed by atoms with Gasteiger partial charge in [-0.1, -0.05) is 47.5 Å². The number of nitrogens with two attached hydrogens (primary N) is 1. The summed E-state index contributed by atoms with van der Waals surface area (Å²) in [5.41, 5.74) is 7.29. The van der Waals surface area contributed by atoms with Gasteiger partial charge in [-0.3, -0.25) is 9.59 Å². The number of hydrogen-bond donors (Lipinski definition) is 2. The molecule has 0 aliphatic heterocycles. The van der Waals surface area contributed by atoms with Crippen LogP contribution in [-0.4, -0.2) is 24.9 Å². The van der Waals surface area contributed by atoms with E-state index in [2.05, 4.69) is 5.32 Å². The van der Waals surface area contributed by atoms with Crippen molar-refractivity contribution in [2.24, 2.45) is 5.73 Å². The van der Waals surface area contributed by atoms with Gasteiger partial charge in [-0.2, -0.15) is 0 Å². The average Bonchev–Trinajstić information content (AvgIpc) is 2.63. The summed E-state index contributed by atoms with van der Waals surface area (Å²) in [6.45, 7) is 0.202. The van der Waals surface area contributed by atoms with Crippen molar-refractivity contribution in [1.29, 1.82) is 0 Å². The van der Waals surface area contributed by atoms with E-state index >= 15 is 0 Å². The maximum Gasteiger partial charge on any atom is 0.310 e. The van der Waals surface area contributed by atoms with Crippen LogP contribution in [-0.2, 0) is 20.7 Å². The van der Waals surface area contributed by atoms with Crippen molar-refractivity contribution in [3.63, 3.8) is 0 Å². The van der Waals surface area contributed by atoms with Crippen molar-refractivity contribution in [2.45, 2.75) is 19.3 Å². The molecule has 3 N–H and O–H groups in total. The van der Waals surface area contributed by atoms with E-state index in [1.54, 1.807) is 18.2 Å². The number of ether oxygens (including phenoxy) is 1. The first-order valence-electron chi connectivity index (χ1n) is 8.17. The smallest absolute Gasteiger partial charge is 0.310 e. The number of carbonyl (C=O) groups is 2. The van der Waals surface area contributed by atoms with Crippen LogP contribution in [0.5, 0.6) is 0 Å². The highest BCUT2D eigenvalue weighted by Gasteiger charge is 2.12. The number of ketones is 1. The van der Waals surface area contributed by atoms with Crippen molar-refractivity contribution < 1.29 is 14.3 Å². The maximum atomic E-state index is 12.1. The van der Waals surface area contributed by atoms with Crippen molar-refractivity contribution in [3.8, 4) is 0 Å². The molecule has 0 spiro atoms. The number of rotatable bonds is 9. The Morgan fingerprint density at radius 2 is 1.73 bits per heavy atom. The third-order valence-corrected chi connectivity index (χ3v) is 4.30. The second-order valence-corrected chi connectivity index (χ2v) is 6.44. The number of esters is 1. The molecule has 0 atom stereocenters. The topological polar surface area (TPSA) is 81.4 Å². The molecule has 0 aliphatic carbocycles. The third kappa shape index (κ3) is 6.02. The van der Waals surface area contributed by atoms with Gasteiger partial charge in [0.2, 0.25) is 0 Å². The van der Waals surface area contributed by atoms with E-state index in [0.717, 1.165) is 11.3 Å². The summed E-state index contributed by atoms with van der Waals surface area (Å²) in [5, 5.41) is 4.15. The average molecular weight is 395 g/mol. The number of carbonyl (C=O) groups excluding carboxylic acids is 2. The number of para-hydroxylation sites is 2. The summed E-state index contributed by atoms with van der Waals surface area (Å²) in [6, 6.07) is 12.6. The molecule has 5 nitrogen and oxygen atoms in total. The lowest BCUT2D eigenvalue weighted by molar-refractivity contribution is -0.143. The molecule has 138 valence electrons. The molecule has 0 radical (unpaired) electrons. The lowest BCUT2D eigenvalue weighted by atomic mass is 10.1. The Kier molecular flexibility index (Phi) is 7.91. The van der Waals surface area contributed by atoms with E-state index in [1.165, 1.54) is 0 Å². The predicted octanol–water partition coefficient (Wildman–Crippen LogP) is 4.13. The lowest BCUT2D eigenvalue weighted by Gasteiger charge is -2.14. The fourth-order valence-electron chi connectivity index (χ4n) is 2.31. The minimum absolute atomic E-state index is 0.0115. The van der Waals surface area contributed by atoms with Gasteiger partial charge in [0.1, 0.15) is 5.78 Å². The zero-order chi connectivity index (χ0) is 18.9. The minimum atomic E-state index is -0.371. The summed E-state index contributed by atoms with van der Waals surface area (Å²) in [4.78, 5) is 23.2. The SMILES string of the molecule is NCC(=O)CCCOC(=O)Cc1ccccc1Nc1c(Cl)cccc1Cl. The van der Waals surface area contributed by atoms with Gasteiger partial charge in [0, 0.05) is 12.1 Å². The van der Waals surface area contributed by atoms with Crippen LogP contribution in [0.1, 0.15) is 18.4 Å². The molecule has 0 aromatic heterocycles. The molecule has 2 aromatic rings. The number of halogens is 2. The first-order chi connectivity index (χ1) is 12.5. The second-order valence-electron chi connectivity index (χ2n) is 5.62. The number of anilines is 2. The Bertz CT molecular complexity index is 761. The summed E-state index contributed by atoms with van der Waals surface area (Å²) in [5.74, 6) is -0.420. The summed E-state index contributed by atoms with van der Waals surface area (Å²) >= 11 is 12.4. The highest BCUT2D eigenvalue weighted by atomic mass is 35.5. The van der Waals surface area contributed by atoms with Crippen LogP contribution >= 0.6 is 23.2 Å². The van der Waals surface area contributed by atoms with Gasteiger partial charge in [0.15, 0.2) is 0 Å². The van der Waals surface area contributed by atoms with Crippen LogP contribution in [0.3, 0.4) is 0 Å². The normalized spacial score (nSPS) is 10.4. The summed E-state index contributed by atoms with van der Waals surface area (Å²) in [6.07, 6.45) is 0.875. The molecule has 0 heterocycles. The van der Waals surface area contributed by atoms with Crippen LogP contribution in [0, 0.1) is 0 Å². The Balaban J connectivity index is 1.98. The monoisotopic (exact) mass is 394 g/mol. The number of Topliss-reactive ketones (excluding diaryl/α,β-unsaturated/α-hetero) is 1. The van der Waals surface area contributed by atoms with Crippen molar-refractivity contribution in [2.75, 3.05) is 18.5 Å². The van der Waals surface area contributed by atoms with Crippen molar-refractivity contribution in [1.82, 2.24) is 0 Å². The zero-order valence-corrected chi connectivity index (χ0v) is 15.6. The number of benzene rings is 2. The molecule has 0 saturated carbocycles. The van der Waals surface area contributed by atoms with Crippen LogP contribution in [0.25, 0.3) is 0 Å².